The second-order valence-electron chi connectivity index (χ2n) is 7.02. The molecule has 1 aliphatic heterocycles. The van der Waals surface area contributed by atoms with Crippen LogP contribution in [0.15, 0.2) is 0 Å². The Bertz CT molecular complexity index is 267. The minimum absolute atomic E-state index is 0.425. The van der Waals surface area contributed by atoms with E-state index in [1.807, 2.05) is 0 Å². The largest absolute Gasteiger partial charge is 0.330 e. The van der Waals surface area contributed by atoms with Crippen molar-refractivity contribution in [2.45, 2.75) is 64.8 Å². The van der Waals surface area contributed by atoms with Crippen molar-refractivity contribution in [2.24, 2.45) is 11.1 Å². The van der Waals surface area contributed by atoms with Gasteiger partial charge in [0.2, 0.25) is 0 Å². The molecule has 3 heteroatoms. The molecule has 0 aromatic rings. The quantitative estimate of drug-likeness (QED) is 0.760. The molecule has 1 atom stereocenters. The van der Waals surface area contributed by atoms with Gasteiger partial charge in [-0.25, -0.2) is 0 Å². The first kappa shape index (κ1) is 16.3. The molecule has 0 amide bonds. The molecule has 3 nitrogen and oxygen atoms in total. The van der Waals surface area contributed by atoms with E-state index in [1.54, 1.807) is 0 Å². The maximum atomic E-state index is 6.20. The fraction of sp³-hybridized carbons (Fsp3) is 1.00. The van der Waals surface area contributed by atoms with Gasteiger partial charge in [-0.2, -0.15) is 0 Å². The SMILES string of the molecule is CCN(CC)C1CCN(CC2(CN)CCCCCC2)C1. The molecule has 0 aromatic heterocycles. The van der Waals surface area contributed by atoms with Gasteiger partial charge in [0, 0.05) is 19.1 Å². The van der Waals surface area contributed by atoms with Crippen molar-refractivity contribution in [3.8, 4) is 0 Å². The van der Waals surface area contributed by atoms with E-state index in [-0.39, 0.29) is 0 Å². The molecule has 2 aliphatic rings. The molecule has 0 spiro atoms. The van der Waals surface area contributed by atoms with Crippen LogP contribution in [-0.2, 0) is 0 Å². The molecule has 0 bridgehead atoms. The summed E-state index contributed by atoms with van der Waals surface area (Å²) in [5.74, 6) is 0. The average Bonchev–Trinajstić information content (AvgIpc) is 2.78. The fourth-order valence-corrected chi connectivity index (χ4v) is 4.37. The lowest BCUT2D eigenvalue weighted by Crippen LogP contribution is -2.43. The smallest absolute Gasteiger partial charge is 0.0235 e. The normalized spacial score (nSPS) is 27.9. The number of likely N-dealkylation sites (tertiary alicyclic amines) is 1. The van der Waals surface area contributed by atoms with Crippen LogP contribution < -0.4 is 5.73 Å². The number of likely N-dealkylation sites (N-methyl/N-ethyl adjacent to an activating group) is 1. The zero-order valence-electron chi connectivity index (χ0n) is 13.7. The third kappa shape index (κ3) is 3.96. The van der Waals surface area contributed by atoms with Crippen molar-refractivity contribution in [3.05, 3.63) is 0 Å². The molecular weight excluding hydrogens is 246 g/mol. The van der Waals surface area contributed by atoms with Gasteiger partial charge in [0.15, 0.2) is 0 Å². The first-order valence-corrected chi connectivity index (χ1v) is 8.89. The Morgan fingerprint density at radius 3 is 2.30 bits per heavy atom. The number of rotatable bonds is 6. The van der Waals surface area contributed by atoms with Crippen LogP contribution in [0.25, 0.3) is 0 Å². The second-order valence-corrected chi connectivity index (χ2v) is 7.02. The number of nitrogens with zero attached hydrogens (tertiary/aromatic N) is 2. The van der Waals surface area contributed by atoms with Crippen LogP contribution in [0.1, 0.15) is 58.8 Å². The van der Waals surface area contributed by atoms with Crippen LogP contribution in [0.4, 0.5) is 0 Å². The highest BCUT2D eigenvalue weighted by Crippen LogP contribution is 2.36. The summed E-state index contributed by atoms with van der Waals surface area (Å²) in [7, 11) is 0. The lowest BCUT2D eigenvalue weighted by atomic mass is 9.80. The Balaban J connectivity index is 1.89. The van der Waals surface area contributed by atoms with Gasteiger partial charge in [-0.1, -0.05) is 39.5 Å². The van der Waals surface area contributed by atoms with Crippen molar-refractivity contribution >= 4 is 0 Å². The first-order chi connectivity index (χ1) is 9.73. The zero-order chi connectivity index (χ0) is 14.4. The summed E-state index contributed by atoms with van der Waals surface area (Å²) in [5.41, 5.74) is 6.62. The molecular formula is C17H35N3. The molecule has 0 radical (unpaired) electrons. The monoisotopic (exact) mass is 281 g/mol. The van der Waals surface area contributed by atoms with E-state index in [4.69, 9.17) is 5.73 Å². The highest BCUT2D eigenvalue weighted by atomic mass is 15.3. The predicted molar refractivity (Wildman–Crippen MR) is 87.0 cm³/mol. The minimum atomic E-state index is 0.425. The molecule has 2 fully saturated rings. The molecule has 1 unspecified atom stereocenters. The summed E-state index contributed by atoms with van der Waals surface area (Å²) in [5, 5.41) is 0. The van der Waals surface area contributed by atoms with E-state index in [9.17, 15) is 0 Å². The van der Waals surface area contributed by atoms with Crippen molar-refractivity contribution in [1.82, 2.24) is 9.80 Å². The molecule has 20 heavy (non-hydrogen) atoms. The van der Waals surface area contributed by atoms with Crippen molar-refractivity contribution < 1.29 is 0 Å². The Kier molecular flexibility index (Phi) is 6.31. The van der Waals surface area contributed by atoms with Gasteiger partial charge >= 0.3 is 0 Å². The van der Waals surface area contributed by atoms with Gasteiger partial charge in [-0.3, -0.25) is 4.90 Å². The van der Waals surface area contributed by atoms with E-state index in [0.717, 1.165) is 12.6 Å². The Morgan fingerprint density at radius 2 is 1.75 bits per heavy atom. The summed E-state index contributed by atoms with van der Waals surface area (Å²) in [6.07, 6.45) is 9.69. The Morgan fingerprint density at radius 1 is 1.10 bits per heavy atom. The Labute approximate surface area is 125 Å². The van der Waals surface area contributed by atoms with Crippen LogP contribution in [-0.4, -0.2) is 55.1 Å². The number of hydrogen-bond acceptors (Lipinski definition) is 3. The maximum absolute atomic E-state index is 6.20. The summed E-state index contributed by atoms with van der Waals surface area (Å²) >= 11 is 0. The van der Waals surface area contributed by atoms with Gasteiger partial charge in [0.25, 0.3) is 0 Å². The van der Waals surface area contributed by atoms with Crippen molar-refractivity contribution in [2.75, 3.05) is 39.3 Å². The fourth-order valence-electron chi connectivity index (χ4n) is 4.37. The summed E-state index contributed by atoms with van der Waals surface area (Å²) in [4.78, 5) is 5.34. The highest BCUT2D eigenvalue weighted by Gasteiger charge is 2.35. The van der Waals surface area contributed by atoms with E-state index in [2.05, 4.69) is 23.6 Å². The lowest BCUT2D eigenvalue weighted by molar-refractivity contribution is 0.143. The molecule has 2 N–H and O–H groups in total. The predicted octanol–water partition coefficient (Wildman–Crippen LogP) is 2.70. The average molecular weight is 281 g/mol. The van der Waals surface area contributed by atoms with Crippen LogP contribution in [0.2, 0.25) is 0 Å². The standard InChI is InChI=1S/C17H35N3/c1-3-20(4-2)16-9-12-19(13-16)15-17(14-18)10-7-5-6-8-11-17/h16H,3-15,18H2,1-2H3. The summed E-state index contributed by atoms with van der Waals surface area (Å²) in [6, 6.07) is 0.783. The van der Waals surface area contributed by atoms with Crippen LogP contribution in [0.3, 0.4) is 0 Å². The molecule has 118 valence electrons. The number of hydrogen-bond donors (Lipinski definition) is 1. The summed E-state index contributed by atoms with van der Waals surface area (Å²) in [6.45, 7) is 11.7. The molecule has 0 aromatic carbocycles. The molecule has 1 saturated carbocycles. The van der Waals surface area contributed by atoms with Gasteiger partial charge < -0.3 is 10.6 Å². The van der Waals surface area contributed by atoms with E-state index < -0.39 is 0 Å². The second kappa shape index (κ2) is 7.77. The van der Waals surface area contributed by atoms with Crippen molar-refractivity contribution in [3.63, 3.8) is 0 Å². The van der Waals surface area contributed by atoms with E-state index >= 15 is 0 Å². The molecule has 1 heterocycles. The minimum Gasteiger partial charge on any atom is -0.330 e. The first-order valence-electron chi connectivity index (χ1n) is 8.89. The van der Waals surface area contributed by atoms with Gasteiger partial charge in [-0.15, -0.1) is 0 Å². The zero-order valence-corrected chi connectivity index (χ0v) is 13.7. The third-order valence-corrected chi connectivity index (χ3v) is 5.73. The Hall–Kier alpha value is -0.120. The third-order valence-electron chi connectivity index (χ3n) is 5.73. The molecule has 2 rings (SSSR count). The number of nitrogens with two attached hydrogens (primary N) is 1. The maximum Gasteiger partial charge on any atom is 0.0235 e. The molecule has 1 saturated heterocycles. The van der Waals surface area contributed by atoms with Crippen LogP contribution >= 0.6 is 0 Å². The molecule has 1 aliphatic carbocycles. The lowest BCUT2D eigenvalue weighted by Gasteiger charge is -2.36. The van der Waals surface area contributed by atoms with E-state index in [1.165, 1.54) is 77.7 Å². The van der Waals surface area contributed by atoms with Crippen LogP contribution in [0, 0.1) is 5.41 Å². The van der Waals surface area contributed by atoms with Gasteiger partial charge in [-0.05, 0) is 50.9 Å². The van der Waals surface area contributed by atoms with Gasteiger partial charge in [0.1, 0.15) is 0 Å². The summed E-state index contributed by atoms with van der Waals surface area (Å²) < 4.78 is 0. The van der Waals surface area contributed by atoms with E-state index in [0.29, 0.717) is 5.41 Å². The van der Waals surface area contributed by atoms with Crippen molar-refractivity contribution in [1.29, 1.82) is 0 Å². The van der Waals surface area contributed by atoms with Crippen LogP contribution in [0.5, 0.6) is 0 Å². The van der Waals surface area contributed by atoms with Gasteiger partial charge in [0.05, 0.1) is 0 Å². The topological polar surface area (TPSA) is 32.5 Å². The highest BCUT2D eigenvalue weighted by molar-refractivity contribution is 4.90.